The highest BCUT2D eigenvalue weighted by Crippen LogP contribution is 2.31. The number of Topliss-reactive ketones (excluding diaryl/α,β-unsaturated/α-hetero) is 1. The second kappa shape index (κ2) is 4.73. The largest absolute Gasteiger partial charge is 0.293 e. The molecule has 0 aliphatic heterocycles. The van der Waals surface area contributed by atoms with Gasteiger partial charge in [0.15, 0.2) is 5.78 Å². The third kappa shape index (κ3) is 2.66. The van der Waals surface area contributed by atoms with Crippen molar-refractivity contribution in [2.45, 2.75) is 13.8 Å². The summed E-state index contributed by atoms with van der Waals surface area (Å²) in [5, 5.41) is 0.676. The Labute approximate surface area is 104 Å². The number of hydrogen-bond acceptors (Lipinski definition) is 1. The third-order valence-electron chi connectivity index (χ3n) is 2.14. The van der Waals surface area contributed by atoms with Crippen LogP contribution in [0.15, 0.2) is 18.2 Å². The standard InChI is InChI=1S/C11H11Cl3O/c1-11(2,6-12)10(15)7-4-3-5-8(13)9(7)14/h3-5H,6H2,1-2H3. The summed E-state index contributed by atoms with van der Waals surface area (Å²) < 4.78 is 0. The molecule has 0 atom stereocenters. The van der Waals surface area contributed by atoms with Gasteiger partial charge in [0, 0.05) is 16.9 Å². The van der Waals surface area contributed by atoms with E-state index in [9.17, 15) is 4.79 Å². The second-order valence-electron chi connectivity index (χ2n) is 3.95. The van der Waals surface area contributed by atoms with Gasteiger partial charge in [-0.2, -0.15) is 0 Å². The molecular formula is C11H11Cl3O. The van der Waals surface area contributed by atoms with Crippen molar-refractivity contribution in [3.63, 3.8) is 0 Å². The van der Waals surface area contributed by atoms with E-state index in [1.54, 1.807) is 32.0 Å². The third-order valence-corrected chi connectivity index (χ3v) is 3.63. The Morgan fingerprint density at radius 1 is 1.33 bits per heavy atom. The maximum Gasteiger partial charge on any atom is 0.171 e. The Balaban J connectivity index is 3.18. The Morgan fingerprint density at radius 3 is 2.47 bits per heavy atom. The molecule has 1 nitrogen and oxygen atoms in total. The topological polar surface area (TPSA) is 17.1 Å². The zero-order valence-electron chi connectivity index (χ0n) is 8.48. The van der Waals surface area contributed by atoms with Crippen LogP contribution in [0.25, 0.3) is 0 Å². The molecule has 0 N–H and O–H groups in total. The van der Waals surface area contributed by atoms with E-state index in [1.807, 2.05) is 0 Å². The van der Waals surface area contributed by atoms with E-state index in [1.165, 1.54) is 0 Å². The molecule has 0 aliphatic rings. The van der Waals surface area contributed by atoms with Crippen LogP contribution in [-0.2, 0) is 0 Å². The van der Waals surface area contributed by atoms with Crippen LogP contribution in [0.1, 0.15) is 24.2 Å². The summed E-state index contributed by atoms with van der Waals surface area (Å²) in [7, 11) is 0. The predicted octanol–water partition coefficient (Wildman–Crippen LogP) is 4.44. The lowest BCUT2D eigenvalue weighted by Gasteiger charge is -2.20. The molecule has 15 heavy (non-hydrogen) atoms. The van der Waals surface area contributed by atoms with Gasteiger partial charge in [-0.1, -0.05) is 43.1 Å². The van der Waals surface area contributed by atoms with Gasteiger partial charge in [-0.15, -0.1) is 11.6 Å². The minimum Gasteiger partial charge on any atom is -0.293 e. The van der Waals surface area contributed by atoms with Gasteiger partial charge in [-0.25, -0.2) is 0 Å². The quantitative estimate of drug-likeness (QED) is 0.583. The van der Waals surface area contributed by atoms with Gasteiger partial charge in [-0.3, -0.25) is 4.79 Å². The number of alkyl halides is 1. The van der Waals surface area contributed by atoms with Crippen molar-refractivity contribution in [2.24, 2.45) is 5.41 Å². The molecule has 0 fully saturated rings. The molecule has 4 heteroatoms. The zero-order valence-corrected chi connectivity index (χ0v) is 10.7. The zero-order chi connectivity index (χ0) is 11.6. The monoisotopic (exact) mass is 264 g/mol. The predicted molar refractivity (Wildman–Crippen MR) is 65.3 cm³/mol. The Bertz CT molecular complexity index is 385. The average Bonchev–Trinajstić information content (AvgIpc) is 2.21. The number of benzene rings is 1. The van der Waals surface area contributed by atoms with Crippen LogP contribution >= 0.6 is 34.8 Å². The van der Waals surface area contributed by atoms with Gasteiger partial charge in [0.1, 0.15) is 0 Å². The van der Waals surface area contributed by atoms with Crippen LogP contribution in [0.3, 0.4) is 0 Å². The first kappa shape index (κ1) is 12.8. The minimum atomic E-state index is -0.629. The van der Waals surface area contributed by atoms with Gasteiger partial charge in [0.25, 0.3) is 0 Å². The van der Waals surface area contributed by atoms with E-state index in [0.717, 1.165) is 0 Å². The lowest BCUT2D eigenvalue weighted by Crippen LogP contribution is -2.26. The van der Waals surface area contributed by atoms with Crippen molar-refractivity contribution < 1.29 is 4.79 Å². The fraction of sp³-hybridized carbons (Fsp3) is 0.364. The summed E-state index contributed by atoms with van der Waals surface area (Å²) in [6, 6.07) is 5.00. The van der Waals surface area contributed by atoms with Crippen molar-refractivity contribution in [2.75, 3.05) is 5.88 Å². The van der Waals surface area contributed by atoms with E-state index in [0.29, 0.717) is 15.6 Å². The van der Waals surface area contributed by atoms with Gasteiger partial charge in [0.2, 0.25) is 0 Å². The van der Waals surface area contributed by atoms with Crippen LogP contribution < -0.4 is 0 Å². The average molecular weight is 266 g/mol. The molecule has 1 rings (SSSR count). The van der Waals surface area contributed by atoms with E-state index >= 15 is 0 Å². The number of rotatable bonds is 3. The van der Waals surface area contributed by atoms with Crippen LogP contribution in [0.5, 0.6) is 0 Å². The summed E-state index contributed by atoms with van der Waals surface area (Å²) in [4.78, 5) is 12.0. The highest BCUT2D eigenvalue weighted by Gasteiger charge is 2.29. The molecule has 0 bridgehead atoms. The normalized spacial score (nSPS) is 11.5. The van der Waals surface area contributed by atoms with Gasteiger partial charge < -0.3 is 0 Å². The van der Waals surface area contributed by atoms with Crippen LogP contribution in [0.4, 0.5) is 0 Å². The van der Waals surface area contributed by atoms with Crippen LogP contribution in [0, 0.1) is 5.41 Å². The molecule has 0 aliphatic carbocycles. The summed E-state index contributed by atoms with van der Waals surface area (Å²) >= 11 is 17.5. The van der Waals surface area contributed by atoms with E-state index < -0.39 is 5.41 Å². The molecule has 82 valence electrons. The van der Waals surface area contributed by atoms with Gasteiger partial charge >= 0.3 is 0 Å². The van der Waals surface area contributed by atoms with Gasteiger partial charge in [0.05, 0.1) is 10.0 Å². The molecule has 1 aromatic rings. The maximum absolute atomic E-state index is 12.0. The van der Waals surface area contributed by atoms with Crippen molar-refractivity contribution in [1.29, 1.82) is 0 Å². The first-order valence-corrected chi connectivity index (χ1v) is 5.74. The fourth-order valence-electron chi connectivity index (χ4n) is 1.10. The van der Waals surface area contributed by atoms with Crippen molar-refractivity contribution >= 4 is 40.6 Å². The highest BCUT2D eigenvalue weighted by molar-refractivity contribution is 6.44. The molecule has 0 unspecified atom stereocenters. The molecule has 1 aromatic carbocycles. The number of ketones is 1. The molecule has 0 spiro atoms. The first-order chi connectivity index (χ1) is 6.90. The van der Waals surface area contributed by atoms with Crippen LogP contribution in [0.2, 0.25) is 10.0 Å². The molecule has 0 heterocycles. The summed E-state index contributed by atoms with van der Waals surface area (Å²) in [5.41, 5.74) is -0.203. The Morgan fingerprint density at radius 2 is 1.93 bits per heavy atom. The fourth-order valence-corrected chi connectivity index (χ4v) is 1.61. The van der Waals surface area contributed by atoms with E-state index in [2.05, 4.69) is 0 Å². The molecular weight excluding hydrogens is 254 g/mol. The van der Waals surface area contributed by atoms with Crippen molar-refractivity contribution in [3.8, 4) is 0 Å². The summed E-state index contributed by atoms with van der Waals surface area (Å²) in [6.07, 6.45) is 0. The number of halogens is 3. The lowest BCUT2D eigenvalue weighted by atomic mass is 9.86. The Kier molecular flexibility index (Phi) is 4.05. The lowest BCUT2D eigenvalue weighted by molar-refractivity contribution is 0.0862. The van der Waals surface area contributed by atoms with Gasteiger partial charge in [-0.05, 0) is 12.1 Å². The smallest absolute Gasteiger partial charge is 0.171 e. The van der Waals surface area contributed by atoms with Crippen molar-refractivity contribution in [1.82, 2.24) is 0 Å². The minimum absolute atomic E-state index is 0.0926. The SMILES string of the molecule is CC(C)(CCl)C(=O)c1cccc(Cl)c1Cl. The summed E-state index contributed by atoms with van der Waals surface area (Å²) in [5.74, 6) is 0.152. The van der Waals surface area contributed by atoms with E-state index in [-0.39, 0.29) is 11.7 Å². The number of carbonyl (C=O) groups is 1. The first-order valence-electron chi connectivity index (χ1n) is 4.45. The second-order valence-corrected chi connectivity index (χ2v) is 5.00. The van der Waals surface area contributed by atoms with Crippen molar-refractivity contribution in [3.05, 3.63) is 33.8 Å². The maximum atomic E-state index is 12.0. The van der Waals surface area contributed by atoms with E-state index in [4.69, 9.17) is 34.8 Å². The molecule has 0 saturated carbocycles. The summed E-state index contributed by atoms with van der Waals surface area (Å²) in [6.45, 7) is 3.55. The Hall–Kier alpha value is -0.240. The molecule has 0 saturated heterocycles. The van der Waals surface area contributed by atoms with Crippen LogP contribution in [-0.4, -0.2) is 11.7 Å². The number of hydrogen-bond donors (Lipinski definition) is 0. The highest BCUT2D eigenvalue weighted by atomic mass is 35.5. The number of carbonyl (C=O) groups excluding carboxylic acids is 1. The molecule has 0 amide bonds. The molecule has 0 aromatic heterocycles. The molecule has 0 radical (unpaired) electrons.